The molecule has 22 heavy (non-hydrogen) atoms. The summed E-state index contributed by atoms with van der Waals surface area (Å²) in [6.45, 7) is 6.57. The standard InChI is InChI=1S/C13H28N4O4S/c1-2-15-13(17-6-9-22(14,18)19)16-5-3-7-20-10-12-4-8-21-11-12/h12H,2-11H2,1H3,(H2,14,18,19)(H2,15,16,17). The zero-order valence-electron chi connectivity index (χ0n) is 13.2. The third-order valence-electron chi connectivity index (χ3n) is 3.12. The first-order valence-electron chi connectivity index (χ1n) is 7.69. The van der Waals surface area contributed by atoms with E-state index in [0.717, 1.165) is 32.7 Å². The molecule has 1 fully saturated rings. The van der Waals surface area contributed by atoms with E-state index in [1.54, 1.807) is 0 Å². The molecule has 1 aliphatic rings. The summed E-state index contributed by atoms with van der Waals surface area (Å²) in [4.78, 5) is 4.36. The van der Waals surface area contributed by atoms with Gasteiger partial charge in [0.05, 0.1) is 19.0 Å². The highest BCUT2D eigenvalue weighted by Gasteiger charge is 2.15. The van der Waals surface area contributed by atoms with Crippen LogP contribution in [0, 0.1) is 5.92 Å². The highest BCUT2D eigenvalue weighted by Crippen LogP contribution is 2.12. The predicted molar refractivity (Wildman–Crippen MR) is 86.3 cm³/mol. The lowest BCUT2D eigenvalue weighted by Crippen LogP contribution is -2.40. The molecule has 0 radical (unpaired) electrons. The molecular weight excluding hydrogens is 308 g/mol. The normalized spacial score (nSPS) is 19.4. The maximum absolute atomic E-state index is 10.9. The monoisotopic (exact) mass is 336 g/mol. The van der Waals surface area contributed by atoms with Gasteiger partial charge in [-0.15, -0.1) is 0 Å². The van der Waals surface area contributed by atoms with E-state index in [1.165, 1.54) is 0 Å². The number of rotatable bonds is 10. The van der Waals surface area contributed by atoms with Crippen LogP contribution in [0.15, 0.2) is 4.99 Å². The molecule has 1 saturated heterocycles. The molecule has 1 unspecified atom stereocenters. The van der Waals surface area contributed by atoms with Crippen molar-refractivity contribution >= 4 is 16.0 Å². The van der Waals surface area contributed by atoms with Crippen LogP contribution in [0.4, 0.5) is 0 Å². The Hall–Kier alpha value is -0.900. The molecular formula is C13H28N4O4S. The molecule has 0 saturated carbocycles. The van der Waals surface area contributed by atoms with Crippen LogP contribution >= 0.6 is 0 Å². The fraction of sp³-hybridized carbons (Fsp3) is 0.923. The van der Waals surface area contributed by atoms with E-state index >= 15 is 0 Å². The van der Waals surface area contributed by atoms with Gasteiger partial charge in [-0.2, -0.15) is 0 Å². The Labute approximate surface area is 132 Å². The molecule has 1 aliphatic heterocycles. The number of aliphatic imine (C=N–C) groups is 1. The van der Waals surface area contributed by atoms with E-state index in [-0.39, 0.29) is 12.3 Å². The van der Waals surface area contributed by atoms with Crippen molar-refractivity contribution in [1.82, 2.24) is 10.6 Å². The first-order valence-corrected chi connectivity index (χ1v) is 9.41. The van der Waals surface area contributed by atoms with Crippen molar-refractivity contribution in [2.24, 2.45) is 16.0 Å². The van der Waals surface area contributed by atoms with Crippen molar-refractivity contribution in [3.63, 3.8) is 0 Å². The smallest absolute Gasteiger partial charge is 0.210 e. The molecule has 1 rings (SSSR count). The number of nitrogens with one attached hydrogen (secondary N) is 2. The molecule has 9 heteroatoms. The van der Waals surface area contributed by atoms with Crippen molar-refractivity contribution in [2.45, 2.75) is 19.8 Å². The van der Waals surface area contributed by atoms with Gasteiger partial charge in [-0.25, -0.2) is 13.6 Å². The largest absolute Gasteiger partial charge is 0.381 e. The number of hydrogen-bond acceptors (Lipinski definition) is 5. The van der Waals surface area contributed by atoms with Gasteiger partial charge in [-0.05, 0) is 19.8 Å². The quantitative estimate of drug-likeness (QED) is 0.275. The van der Waals surface area contributed by atoms with Crippen molar-refractivity contribution in [3.05, 3.63) is 0 Å². The molecule has 0 aromatic carbocycles. The summed E-state index contributed by atoms with van der Waals surface area (Å²) in [5, 5.41) is 10.9. The van der Waals surface area contributed by atoms with Gasteiger partial charge in [0.1, 0.15) is 0 Å². The minimum Gasteiger partial charge on any atom is -0.381 e. The van der Waals surface area contributed by atoms with Crippen LogP contribution in [-0.4, -0.2) is 66.2 Å². The fourth-order valence-corrected chi connectivity index (χ4v) is 2.36. The number of sulfonamides is 1. The van der Waals surface area contributed by atoms with Crippen LogP contribution in [0.2, 0.25) is 0 Å². The van der Waals surface area contributed by atoms with Crippen molar-refractivity contribution in [3.8, 4) is 0 Å². The van der Waals surface area contributed by atoms with Gasteiger partial charge < -0.3 is 20.1 Å². The predicted octanol–water partition coefficient (Wildman–Crippen LogP) is -0.727. The van der Waals surface area contributed by atoms with Gasteiger partial charge in [0, 0.05) is 38.8 Å². The van der Waals surface area contributed by atoms with Gasteiger partial charge >= 0.3 is 0 Å². The van der Waals surface area contributed by atoms with Crippen LogP contribution in [0.3, 0.4) is 0 Å². The molecule has 0 spiro atoms. The zero-order valence-corrected chi connectivity index (χ0v) is 14.0. The van der Waals surface area contributed by atoms with Gasteiger partial charge in [-0.3, -0.25) is 4.99 Å². The summed E-state index contributed by atoms with van der Waals surface area (Å²) >= 11 is 0. The summed E-state index contributed by atoms with van der Waals surface area (Å²) in [6, 6.07) is 0. The molecule has 1 heterocycles. The second kappa shape index (κ2) is 10.8. The maximum atomic E-state index is 10.9. The van der Waals surface area contributed by atoms with Crippen LogP contribution < -0.4 is 15.8 Å². The van der Waals surface area contributed by atoms with Crippen molar-refractivity contribution in [1.29, 1.82) is 0 Å². The summed E-state index contributed by atoms with van der Waals surface area (Å²) in [5.74, 6) is 1.00. The Kier molecular flexibility index (Phi) is 9.37. The van der Waals surface area contributed by atoms with Gasteiger partial charge in [-0.1, -0.05) is 0 Å². The van der Waals surface area contributed by atoms with Crippen LogP contribution in [0.5, 0.6) is 0 Å². The minimum absolute atomic E-state index is 0.121. The number of hydrogen-bond donors (Lipinski definition) is 3. The summed E-state index contributed by atoms with van der Waals surface area (Å²) in [7, 11) is -3.45. The zero-order chi connectivity index (χ0) is 16.3. The van der Waals surface area contributed by atoms with Crippen molar-refractivity contribution in [2.75, 3.05) is 51.8 Å². The van der Waals surface area contributed by atoms with Crippen LogP contribution in [-0.2, 0) is 19.5 Å². The summed E-state index contributed by atoms with van der Waals surface area (Å²) in [5.41, 5.74) is 0. The SMILES string of the molecule is CCNC(=NCCCOCC1CCOC1)NCCS(N)(=O)=O. The van der Waals surface area contributed by atoms with Crippen molar-refractivity contribution < 1.29 is 17.9 Å². The number of ether oxygens (including phenoxy) is 2. The van der Waals surface area contributed by atoms with Gasteiger partial charge in [0.2, 0.25) is 10.0 Å². The Morgan fingerprint density at radius 3 is 2.91 bits per heavy atom. The average molecular weight is 336 g/mol. The molecule has 0 aliphatic carbocycles. The van der Waals surface area contributed by atoms with Gasteiger partial charge in [0.15, 0.2) is 5.96 Å². The third kappa shape index (κ3) is 9.93. The number of nitrogens with zero attached hydrogens (tertiary/aromatic N) is 1. The minimum atomic E-state index is -3.45. The van der Waals surface area contributed by atoms with E-state index in [2.05, 4.69) is 15.6 Å². The lowest BCUT2D eigenvalue weighted by atomic mass is 10.1. The molecule has 8 nitrogen and oxygen atoms in total. The van der Waals surface area contributed by atoms with E-state index in [4.69, 9.17) is 14.6 Å². The Morgan fingerprint density at radius 1 is 1.45 bits per heavy atom. The molecule has 1 atom stereocenters. The molecule has 0 amide bonds. The summed E-state index contributed by atoms with van der Waals surface area (Å²) < 4.78 is 32.6. The average Bonchev–Trinajstić information content (AvgIpc) is 2.94. The molecule has 0 bridgehead atoms. The first kappa shape index (κ1) is 19.1. The van der Waals surface area contributed by atoms with E-state index < -0.39 is 10.0 Å². The molecule has 130 valence electrons. The topological polar surface area (TPSA) is 115 Å². The Bertz CT molecular complexity index is 422. The second-order valence-electron chi connectivity index (χ2n) is 5.21. The summed E-state index contributed by atoms with van der Waals surface area (Å²) in [6.07, 6.45) is 1.90. The fourth-order valence-electron chi connectivity index (χ4n) is 1.98. The number of primary sulfonamides is 1. The van der Waals surface area contributed by atoms with Crippen LogP contribution in [0.25, 0.3) is 0 Å². The second-order valence-corrected chi connectivity index (χ2v) is 6.95. The highest BCUT2D eigenvalue weighted by atomic mass is 32.2. The number of guanidine groups is 1. The Morgan fingerprint density at radius 2 is 2.27 bits per heavy atom. The van der Waals surface area contributed by atoms with Gasteiger partial charge in [0.25, 0.3) is 0 Å². The molecule has 4 N–H and O–H groups in total. The molecule has 0 aromatic rings. The molecule has 0 aromatic heterocycles. The lowest BCUT2D eigenvalue weighted by molar-refractivity contribution is 0.0893. The number of nitrogens with two attached hydrogens (primary N) is 1. The first-order chi connectivity index (χ1) is 10.5. The van der Waals surface area contributed by atoms with E-state index in [9.17, 15) is 8.42 Å². The Balaban J connectivity index is 2.12. The third-order valence-corrected chi connectivity index (χ3v) is 3.89. The maximum Gasteiger partial charge on any atom is 0.210 e. The highest BCUT2D eigenvalue weighted by molar-refractivity contribution is 7.89. The van der Waals surface area contributed by atoms with Crippen LogP contribution in [0.1, 0.15) is 19.8 Å². The van der Waals surface area contributed by atoms with E-state index in [0.29, 0.717) is 31.6 Å². The lowest BCUT2D eigenvalue weighted by Gasteiger charge is -2.11. The van der Waals surface area contributed by atoms with E-state index in [1.807, 2.05) is 6.92 Å².